The number of hydrogen-bond acceptors (Lipinski definition) is 2. The molecule has 2 aromatic rings. The van der Waals surface area contributed by atoms with Crippen LogP contribution in [-0.2, 0) is 7.05 Å². The van der Waals surface area contributed by atoms with Crippen LogP contribution >= 0.6 is 0 Å². The first-order valence-corrected chi connectivity index (χ1v) is 5.45. The van der Waals surface area contributed by atoms with Crippen molar-refractivity contribution in [3.63, 3.8) is 0 Å². The number of pyridine rings is 1. The molecule has 0 aliphatic carbocycles. The molecule has 0 aliphatic heterocycles. The summed E-state index contributed by atoms with van der Waals surface area (Å²) in [5.41, 5.74) is 2.71. The maximum absolute atomic E-state index is 12.0. The van der Waals surface area contributed by atoms with E-state index >= 15 is 0 Å². The lowest BCUT2D eigenvalue weighted by atomic mass is 10.2. The number of hydrogen-bond donors (Lipinski definition) is 1. The van der Waals surface area contributed by atoms with Crippen LogP contribution in [-0.4, -0.2) is 15.5 Å². The number of nitrogens with zero attached hydrogens (tertiary/aromatic N) is 2. The Kier molecular flexibility index (Phi) is 2.95. The summed E-state index contributed by atoms with van der Waals surface area (Å²) in [6.45, 7) is 3.91. The van der Waals surface area contributed by atoms with Crippen LogP contribution < -0.4 is 5.32 Å². The van der Waals surface area contributed by atoms with Crippen LogP contribution in [0.25, 0.3) is 0 Å². The highest BCUT2D eigenvalue weighted by Gasteiger charge is 2.14. The zero-order valence-corrected chi connectivity index (χ0v) is 10.2. The van der Waals surface area contributed by atoms with Gasteiger partial charge < -0.3 is 9.88 Å². The van der Waals surface area contributed by atoms with Crippen LogP contribution in [0.4, 0.5) is 5.82 Å². The van der Waals surface area contributed by atoms with Gasteiger partial charge in [0.05, 0.1) is 5.56 Å². The number of aryl methyl sites for hydroxylation is 1. The molecule has 88 valence electrons. The molecule has 2 heterocycles. The zero-order chi connectivity index (χ0) is 12.4. The zero-order valence-electron chi connectivity index (χ0n) is 10.2. The topological polar surface area (TPSA) is 46.9 Å². The average molecular weight is 229 g/mol. The molecule has 0 saturated heterocycles. The van der Waals surface area contributed by atoms with E-state index in [9.17, 15) is 4.79 Å². The number of rotatable bonds is 2. The van der Waals surface area contributed by atoms with Gasteiger partial charge in [0, 0.05) is 24.6 Å². The Hall–Kier alpha value is -2.10. The molecule has 0 aromatic carbocycles. The van der Waals surface area contributed by atoms with Gasteiger partial charge in [-0.05, 0) is 32.0 Å². The summed E-state index contributed by atoms with van der Waals surface area (Å²) in [6.07, 6.45) is 1.65. The summed E-state index contributed by atoms with van der Waals surface area (Å²) in [6, 6.07) is 7.30. The number of amides is 1. The first kappa shape index (κ1) is 11.4. The molecule has 4 heteroatoms. The smallest absolute Gasteiger partial charge is 0.258 e. The van der Waals surface area contributed by atoms with Crippen LogP contribution in [0.5, 0.6) is 0 Å². The fourth-order valence-electron chi connectivity index (χ4n) is 1.71. The van der Waals surface area contributed by atoms with Crippen molar-refractivity contribution in [3.05, 3.63) is 47.4 Å². The fraction of sp³-hybridized carbons (Fsp3) is 0.231. The lowest BCUT2D eigenvalue weighted by molar-refractivity contribution is 0.102. The van der Waals surface area contributed by atoms with Crippen molar-refractivity contribution in [1.29, 1.82) is 0 Å². The number of carbonyl (C=O) groups excluding carboxylic acids is 1. The second kappa shape index (κ2) is 4.41. The molecule has 0 atom stereocenters. The molecule has 1 N–H and O–H groups in total. The summed E-state index contributed by atoms with van der Waals surface area (Å²) < 4.78 is 1.99. The summed E-state index contributed by atoms with van der Waals surface area (Å²) in [7, 11) is 1.95. The molecule has 4 nitrogen and oxygen atoms in total. The van der Waals surface area contributed by atoms with Gasteiger partial charge in [0.1, 0.15) is 5.82 Å². The second-order valence-corrected chi connectivity index (χ2v) is 4.01. The summed E-state index contributed by atoms with van der Waals surface area (Å²) >= 11 is 0. The Labute approximate surface area is 100 Å². The van der Waals surface area contributed by atoms with Crippen molar-refractivity contribution in [2.45, 2.75) is 13.8 Å². The third-order valence-electron chi connectivity index (χ3n) is 2.93. The minimum absolute atomic E-state index is 0.120. The Balaban J connectivity index is 2.24. The standard InChI is InChI=1S/C13H15N3O/c1-9-8-11(10(2)16(9)3)13(17)15-12-6-4-5-7-14-12/h4-8H,1-3H3,(H,14,15,17). The molecule has 0 fully saturated rings. The molecular formula is C13H15N3O. The minimum Gasteiger partial charge on any atom is -0.351 e. The third-order valence-corrected chi connectivity index (χ3v) is 2.93. The van der Waals surface area contributed by atoms with Crippen molar-refractivity contribution < 1.29 is 4.79 Å². The predicted molar refractivity (Wildman–Crippen MR) is 67.1 cm³/mol. The first-order valence-electron chi connectivity index (χ1n) is 5.45. The van der Waals surface area contributed by atoms with E-state index in [-0.39, 0.29) is 5.91 Å². The van der Waals surface area contributed by atoms with Gasteiger partial charge in [0.2, 0.25) is 0 Å². The van der Waals surface area contributed by atoms with Crippen LogP contribution in [0, 0.1) is 13.8 Å². The molecule has 0 unspecified atom stereocenters. The highest BCUT2D eigenvalue weighted by atomic mass is 16.1. The molecular weight excluding hydrogens is 214 g/mol. The summed E-state index contributed by atoms with van der Waals surface area (Å²) in [5, 5.41) is 2.78. The number of anilines is 1. The van der Waals surface area contributed by atoms with E-state index in [1.54, 1.807) is 12.3 Å². The normalized spacial score (nSPS) is 10.3. The molecule has 2 rings (SSSR count). The highest BCUT2D eigenvalue weighted by Crippen LogP contribution is 2.14. The van der Waals surface area contributed by atoms with Crippen molar-refractivity contribution in [1.82, 2.24) is 9.55 Å². The number of carbonyl (C=O) groups is 1. The molecule has 0 saturated carbocycles. The first-order chi connectivity index (χ1) is 8.09. The van der Waals surface area contributed by atoms with Crippen molar-refractivity contribution in [2.75, 3.05) is 5.32 Å². The van der Waals surface area contributed by atoms with Crippen molar-refractivity contribution >= 4 is 11.7 Å². The van der Waals surface area contributed by atoms with Crippen LogP contribution in [0.15, 0.2) is 30.5 Å². The van der Waals surface area contributed by atoms with E-state index in [1.807, 2.05) is 43.7 Å². The number of aromatic nitrogens is 2. The third kappa shape index (κ3) is 2.20. The highest BCUT2D eigenvalue weighted by molar-refractivity contribution is 6.04. The Morgan fingerprint density at radius 1 is 1.35 bits per heavy atom. The van der Waals surface area contributed by atoms with Gasteiger partial charge in [0.25, 0.3) is 5.91 Å². The average Bonchev–Trinajstić information content (AvgIpc) is 2.58. The summed E-state index contributed by atoms with van der Waals surface area (Å²) in [4.78, 5) is 16.1. The fourth-order valence-corrected chi connectivity index (χ4v) is 1.71. The summed E-state index contributed by atoms with van der Waals surface area (Å²) in [5.74, 6) is 0.448. The van der Waals surface area contributed by atoms with Crippen molar-refractivity contribution in [2.24, 2.45) is 7.05 Å². The SMILES string of the molecule is Cc1cc(C(=O)Nc2ccccn2)c(C)n1C. The minimum atomic E-state index is -0.120. The van der Waals surface area contributed by atoms with Crippen LogP contribution in [0.2, 0.25) is 0 Å². The second-order valence-electron chi connectivity index (χ2n) is 4.01. The maximum atomic E-state index is 12.0. The van der Waals surface area contributed by atoms with Gasteiger partial charge in [-0.3, -0.25) is 4.79 Å². The van der Waals surface area contributed by atoms with Gasteiger partial charge in [0.15, 0.2) is 0 Å². The molecule has 1 amide bonds. The molecule has 0 bridgehead atoms. The van der Waals surface area contributed by atoms with Gasteiger partial charge >= 0.3 is 0 Å². The van der Waals surface area contributed by atoms with E-state index in [0.717, 1.165) is 11.4 Å². The van der Waals surface area contributed by atoms with Crippen LogP contribution in [0.3, 0.4) is 0 Å². The van der Waals surface area contributed by atoms with Crippen molar-refractivity contribution in [3.8, 4) is 0 Å². The molecule has 0 aliphatic rings. The maximum Gasteiger partial charge on any atom is 0.258 e. The Morgan fingerprint density at radius 2 is 2.12 bits per heavy atom. The lowest BCUT2D eigenvalue weighted by Gasteiger charge is -2.04. The van der Waals surface area contributed by atoms with Gasteiger partial charge in [-0.1, -0.05) is 6.07 Å². The molecule has 0 radical (unpaired) electrons. The number of nitrogens with one attached hydrogen (secondary N) is 1. The van der Waals surface area contributed by atoms with E-state index in [1.165, 1.54) is 0 Å². The van der Waals surface area contributed by atoms with E-state index in [4.69, 9.17) is 0 Å². The van der Waals surface area contributed by atoms with E-state index in [0.29, 0.717) is 11.4 Å². The largest absolute Gasteiger partial charge is 0.351 e. The monoisotopic (exact) mass is 229 g/mol. The van der Waals surface area contributed by atoms with E-state index in [2.05, 4.69) is 10.3 Å². The van der Waals surface area contributed by atoms with E-state index < -0.39 is 0 Å². The predicted octanol–water partition coefficient (Wildman–Crippen LogP) is 2.29. The van der Waals surface area contributed by atoms with Gasteiger partial charge in [-0.25, -0.2) is 4.98 Å². The Bertz CT molecular complexity index is 543. The van der Waals surface area contributed by atoms with Gasteiger partial charge in [-0.2, -0.15) is 0 Å². The molecule has 2 aromatic heterocycles. The Morgan fingerprint density at radius 3 is 2.65 bits per heavy atom. The van der Waals surface area contributed by atoms with Crippen LogP contribution in [0.1, 0.15) is 21.7 Å². The van der Waals surface area contributed by atoms with Gasteiger partial charge in [-0.15, -0.1) is 0 Å². The quantitative estimate of drug-likeness (QED) is 0.858. The molecule has 17 heavy (non-hydrogen) atoms. The molecule has 0 spiro atoms. The lowest BCUT2D eigenvalue weighted by Crippen LogP contribution is -2.13.